The summed E-state index contributed by atoms with van der Waals surface area (Å²) in [5.74, 6) is -2.79. The minimum atomic E-state index is -1.51. The Bertz CT molecular complexity index is 602. The smallest absolute Gasteiger partial charge is 0.258 e. The molecule has 0 saturated carbocycles. The van der Waals surface area contributed by atoms with Crippen LogP contribution in [0.3, 0.4) is 0 Å². The van der Waals surface area contributed by atoms with Gasteiger partial charge in [0.15, 0.2) is 15.2 Å². The van der Waals surface area contributed by atoms with Crippen LogP contribution < -0.4 is 0 Å². The third-order valence-electron chi connectivity index (χ3n) is 1.90. The van der Waals surface area contributed by atoms with Crippen LogP contribution in [0.4, 0.5) is 14.5 Å². The molecule has 0 fully saturated rings. The lowest BCUT2D eigenvalue weighted by atomic mass is 10.2. The van der Waals surface area contributed by atoms with E-state index in [0.717, 1.165) is 23.5 Å². The number of nitro benzene ring substituents is 1. The second kappa shape index (κ2) is 4.34. The summed E-state index contributed by atoms with van der Waals surface area (Å²) in [5.41, 5.74) is -1.07. The molecule has 2 aromatic rings. The van der Waals surface area contributed by atoms with Crippen LogP contribution in [0.2, 0.25) is 0 Å². The first-order valence-corrected chi connectivity index (χ1v) is 5.42. The van der Waals surface area contributed by atoms with Crippen molar-refractivity contribution in [3.8, 4) is 10.6 Å². The lowest BCUT2D eigenvalue weighted by molar-refractivity contribution is -0.387. The first-order chi connectivity index (χ1) is 8.00. The Morgan fingerprint density at radius 1 is 1.35 bits per heavy atom. The molecule has 9 heteroatoms. The zero-order valence-electron chi connectivity index (χ0n) is 7.92. The number of hydrogen-bond acceptors (Lipinski definition) is 6. The minimum absolute atomic E-state index is 0.112. The summed E-state index contributed by atoms with van der Waals surface area (Å²) in [6.45, 7) is 0. The van der Waals surface area contributed by atoms with Crippen molar-refractivity contribution >= 4 is 29.7 Å². The SMILES string of the molecule is O=[N+]([O-])c1c(-c2nnc(S)s2)ccc(F)c1F. The molecule has 0 bridgehead atoms. The number of thiol groups is 1. The summed E-state index contributed by atoms with van der Waals surface area (Å²) in [7, 11) is 0. The second-order valence-electron chi connectivity index (χ2n) is 2.90. The molecular weight excluding hydrogens is 272 g/mol. The standard InChI is InChI=1S/C8H3F2N3O2S2/c9-4-2-1-3(6(5(4)10)13(14)15)7-11-12-8(16)17-7/h1-2H,(H,12,16). The Morgan fingerprint density at radius 2 is 2.06 bits per heavy atom. The lowest BCUT2D eigenvalue weighted by Gasteiger charge is -2.00. The molecule has 1 aromatic heterocycles. The van der Waals surface area contributed by atoms with Crippen molar-refractivity contribution < 1.29 is 13.7 Å². The third-order valence-corrected chi connectivity index (χ3v) is 3.02. The van der Waals surface area contributed by atoms with Gasteiger partial charge in [0.2, 0.25) is 5.82 Å². The van der Waals surface area contributed by atoms with Crippen molar-refractivity contribution in [3.05, 3.63) is 33.9 Å². The van der Waals surface area contributed by atoms with Gasteiger partial charge in [0.05, 0.1) is 10.5 Å². The van der Waals surface area contributed by atoms with Crippen LogP contribution in [0.15, 0.2) is 16.5 Å². The van der Waals surface area contributed by atoms with Crippen LogP contribution in [-0.2, 0) is 0 Å². The molecule has 2 rings (SSSR count). The van der Waals surface area contributed by atoms with Crippen molar-refractivity contribution in [3.63, 3.8) is 0 Å². The Balaban J connectivity index is 2.70. The van der Waals surface area contributed by atoms with E-state index in [9.17, 15) is 18.9 Å². The van der Waals surface area contributed by atoms with E-state index < -0.39 is 22.2 Å². The second-order valence-corrected chi connectivity index (χ2v) is 4.61. The largest absolute Gasteiger partial charge is 0.318 e. The summed E-state index contributed by atoms with van der Waals surface area (Å²) >= 11 is 4.83. The first kappa shape index (κ1) is 11.9. The van der Waals surface area contributed by atoms with Crippen molar-refractivity contribution in [2.24, 2.45) is 0 Å². The fraction of sp³-hybridized carbons (Fsp3) is 0. The summed E-state index contributed by atoms with van der Waals surface area (Å²) in [6, 6.07) is 1.89. The number of nitro groups is 1. The molecule has 0 atom stereocenters. The van der Waals surface area contributed by atoms with Gasteiger partial charge in [0.25, 0.3) is 0 Å². The van der Waals surface area contributed by atoms with Crippen LogP contribution in [0.1, 0.15) is 0 Å². The normalized spacial score (nSPS) is 10.5. The van der Waals surface area contributed by atoms with E-state index >= 15 is 0 Å². The average Bonchev–Trinajstić information content (AvgIpc) is 2.68. The maximum atomic E-state index is 13.3. The topological polar surface area (TPSA) is 68.9 Å². The molecule has 1 heterocycles. The predicted molar refractivity (Wildman–Crippen MR) is 59.2 cm³/mol. The predicted octanol–water partition coefficient (Wildman–Crippen LogP) is 2.68. The highest BCUT2D eigenvalue weighted by atomic mass is 32.2. The quantitative estimate of drug-likeness (QED) is 0.519. The number of aromatic nitrogens is 2. The van der Waals surface area contributed by atoms with Gasteiger partial charge >= 0.3 is 5.69 Å². The fourth-order valence-corrected chi connectivity index (χ4v) is 2.13. The number of hydrogen-bond donors (Lipinski definition) is 1. The number of nitrogens with zero attached hydrogens (tertiary/aromatic N) is 3. The van der Waals surface area contributed by atoms with Crippen molar-refractivity contribution in [1.29, 1.82) is 0 Å². The zero-order chi connectivity index (χ0) is 12.6. The van der Waals surface area contributed by atoms with Gasteiger partial charge in [-0.3, -0.25) is 10.1 Å². The number of halogens is 2. The molecule has 1 aromatic carbocycles. The van der Waals surface area contributed by atoms with Crippen LogP contribution in [0.5, 0.6) is 0 Å². The lowest BCUT2D eigenvalue weighted by Crippen LogP contribution is -1.98. The van der Waals surface area contributed by atoms with Crippen LogP contribution in [0, 0.1) is 21.7 Å². The third kappa shape index (κ3) is 2.11. The molecule has 0 saturated heterocycles. The van der Waals surface area contributed by atoms with E-state index in [0.29, 0.717) is 0 Å². The van der Waals surface area contributed by atoms with E-state index in [1.54, 1.807) is 0 Å². The van der Waals surface area contributed by atoms with Gasteiger partial charge in [-0.25, -0.2) is 4.39 Å². The minimum Gasteiger partial charge on any atom is -0.258 e. The molecular formula is C8H3F2N3O2S2. The molecule has 0 aliphatic rings. The van der Waals surface area contributed by atoms with E-state index in [4.69, 9.17) is 0 Å². The highest BCUT2D eigenvalue weighted by molar-refractivity contribution is 7.82. The monoisotopic (exact) mass is 275 g/mol. The van der Waals surface area contributed by atoms with Gasteiger partial charge in [0, 0.05) is 0 Å². The maximum absolute atomic E-state index is 13.3. The summed E-state index contributed by atoms with van der Waals surface area (Å²) < 4.78 is 26.5. The van der Waals surface area contributed by atoms with E-state index in [2.05, 4.69) is 22.8 Å². The summed E-state index contributed by atoms with van der Waals surface area (Å²) in [5, 5.41) is 18.0. The molecule has 0 N–H and O–H groups in total. The summed E-state index contributed by atoms with van der Waals surface area (Å²) in [4.78, 5) is 9.72. The molecule has 0 radical (unpaired) electrons. The molecule has 0 unspecified atom stereocenters. The molecule has 0 aliphatic heterocycles. The van der Waals surface area contributed by atoms with Gasteiger partial charge in [0.1, 0.15) is 0 Å². The molecule has 5 nitrogen and oxygen atoms in total. The summed E-state index contributed by atoms with van der Waals surface area (Å²) in [6.07, 6.45) is 0. The van der Waals surface area contributed by atoms with Gasteiger partial charge in [-0.05, 0) is 12.1 Å². The first-order valence-electron chi connectivity index (χ1n) is 4.16. The van der Waals surface area contributed by atoms with Crippen molar-refractivity contribution in [2.75, 3.05) is 0 Å². The molecule has 0 aliphatic carbocycles. The fourth-order valence-electron chi connectivity index (χ4n) is 1.22. The average molecular weight is 275 g/mol. The molecule has 17 heavy (non-hydrogen) atoms. The van der Waals surface area contributed by atoms with Crippen LogP contribution in [0.25, 0.3) is 10.6 Å². The Hall–Kier alpha value is -1.61. The van der Waals surface area contributed by atoms with Crippen molar-refractivity contribution in [2.45, 2.75) is 4.34 Å². The van der Waals surface area contributed by atoms with E-state index in [1.807, 2.05) is 0 Å². The van der Waals surface area contributed by atoms with E-state index in [-0.39, 0.29) is 14.9 Å². The zero-order valence-corrected chi connectivity index (χ0v) is 9.64. The molecule has 0 amide bonds. The van der Waals surface area contributed by atoms with E-state index in [1.165, 1.54) is 0 Å². The highest BCUT2D eigenvalue weighted by Gasteiger charge is 2.26. The Kier molecular flexibility index (Phi) is 3.03. The maximum Gasteiger partial charge on any atom is 0.318 e. The van der Waals surface area contributed by atoms with Gasteiger partial charge in [-0.15, -0.1) is 22.8 Å². The highest BCUT2D eigenvalue weighted by Crippen LogP contribution is 2.35. The van der Waals surface area contributed by atoms with Gasteiger partial charge in [-0.1, -0.05) is 11.3 Å². The Morgan fingerprint density at radius 3 is 2.59 bits per heavy atom. The van der Waals surface area contributed by atoms with Crippen LogP contribution in [-0.4, -0.2) is 15.1 Å². The Labute approximate surface area is 103 Å². The molecule has 0 spiro atoms. The number of rotatable bonds is 2. The van der Waals surface area contributed by atoms with Crippen molar-refractivity contribution in [1.82, 2.24) is 10.2 Å². The molecule has 88 valence electrons. The van der Waals surface area contributed by atoms with Crippen LogP contribution >= 0.6 is 24.0 Å². The van der Waals surface area contributed by atoms with Gasteiger partial charge < -0.3 is 0 Å². The van der Waals surface area contributed by atoms with Gasteiger partial charge in [-0.2, -0.15) is 4.39 Å². The number of benzene rings is 1.